The van der Waals surface area contributed by atoms with Crippen molar-refractivity contribution in [1.82, 2.24) is 19.7 Å². The maximum absolute atomic E-state index is 12.3. The van der Waals surface area contributed by atoms with Gasteiger partial charge in [-0.3, -0.25) is 14.7 Å². The highest BCUT2D eigenvalue weighted by atomic mass is 16.5. The molecule has 2 aromatic heterocycles. The number of nitrogens with one attached hydrogen (secondary N) is 2. The van der Waals surface area contributed by atoms with Crippen molar-refractivity contribution in [3.05, 3.63) is 54.2 Å². The van der Waals surface area contributed by atoms with Gasteiger partial charge >= 0.3 is 0 Å². The molecule has 0 radical (unpaired) electrons. The lowest BCUT2D eigenvalue weighted by molar-refractivity contribution is -0.123. The van der Waals surface area contributed by atoms with Gasteiger partial charge in [0.25, 0.3) is 6.47 Å². The second kappa shape index (κ2) is 10.6. The van der Waals surface area contributed by atoms with E-state index in [4.69, 9.17) is 14.6 Å². The Morgan fingerprint density at radius 2 is 2.07 bits per heavy atom. The van der Waals surface area contributed by atoms with Crippen LogP contribution in [0.1, 0.15) is 17.9 Å². The van der Waals surface area contributed by atoms with E-state index < -0.39 is 0 Å². The van der Waals surface area contributed by atoms with Crippen LogP contribution in [-0.2, 0) is 27.5 Å². The normalized spacial score (nSPS) is 10.1. The summed E-state index contributed by atoms with van der Waals surface area (Å²) in [4.78, 5) is 24.9. The van der Waals surface area contributed by atoms with Crippen LogP contribution in [-0.4, -0.2) is 44.3 Å². The van der Waals surface area contributed by atoms with E-state index in [-0.39, 0.29) is 12.4 Å². The molecule has 2 heterocycles. The summed E-state index contributed by atoms with van der Waals surface area (Å²) in [7, 11) is 1.63. The molecule has 1 aromatic carbocycles. The number of methoxy groups -OCH3 is 1. The fraction of sp³-hybridized carbons (Fsp3) is 0.263. The first kappa shape index (κ1) is 20.8. The van der Waals surface area contributed by atoms with E-state index in [1.165, 1.54) is 0 Å². The molecule has 0 spiro atoms. The predicted octanol–water partition coefficient (Wildman–Crippen LogP) is 2.46. The SMILES string of the molecule is COCc1[nH]nc(NC(=O)CCn2ccnc2C)c1-c1ccccc1.O=CO. The Kier molecular flexibility index (Phi) is 7.92. The van der Waals surface area contributed by atoms with Crippen molar-refractivity contribution in [3.8, 4) is 11.1 Å². The van der Waals surface area contributed by atoms with Crippen molar-refractivity contribution in [1.29, 1.82) is 0 Å². The van der Waals surface area contributed by atoms with Gasteiger partial charge in [-0.25, -0.2) is 4.98 Å². The van der Waals surface area contributed by atoms with Gasteiger partial charge in [-0.2, -0.15) is 5.10 Å². The molecule has 0 bridgehead atoms. The second-order valence-corrected chi connectivity index (χ2v) is 5.80. The lowest BCUT2D eigenvalue weighted by atomic mass is 10.1. The van der Waals surface area contributed by atoms with Crippen molar-refractivity contribution in [3.63, 3.8) is 0 Å². The smallest absolute Gasteiger partial charge is 0.290 e. The lowest BCUT2D eigenvalue weighted by Gasteiger charge is -2.08. The number of aryl methyl sites for hydroxylation is 2. The van der Waals surface area contributed by atoms with Gasteiger partial charge in [0.05, 0.1) is 12.3 Å². The Balaban J connectivity index is 0.000000878. The van der Waals surface area contributed by atoms with Gasteiger partial charge in [0.1, 0.15) is 5.82 Å². The molecule has 0 unspecified atom stereocenters. The maximum Gasteiger partial charge on any atom is 0.290 e. The van der Waals surface area contributed by atoms with Crippen LogP contribution in [0, 0.1) is 6.92 Å². The fourth-order valence-electron chi connectivity index (χ4n) is 2.69. The molecule has 1 amide bonds. The van der Waals surface area contributed by atoms with Crippen molar-refractivity contribution in [2.75, 3.05) is 12.4 Å². The highest BCUT2D eigenvalue weighted by Crippen LogP contribution is 2.30. The first-order valence-electron chi connectivity index (χ1n) is 8.57. The molecule has 0 saturated carbocycles. The van der Waals surface area contributed by atoms with E-state index >= 15 is 0 Å². The zero-order valence-corrected chi connectivity index (χ0v) is 15.8. The molecule has 3 rings (SSSR count). The molecule has 148 valence electrons. The Morgan fingerprint density at radius 3 is 2.68 bits per heavy atom. The number of nitrogens with zero attached hydrogens (tertiary/aromatic N) is 3. The summed E-state index contributed by atoms with van der Waals surface area (Å²) in [6, 6.07) is 9.81. The standard InChI is InChI=1S/C18H21N5O2.CH2O2/c1-13-19-9-11-23(13)10-8-16(24)20-18-17(14-6-4-3-5-7-14)15(12-25-2)21-22-18;2-1-3/h3-7,9,11H,8,10,12H2,1-2H3,(H2,20,21,22,24);1H,(H,2,3). The van der Waals surface area contributed by atoms with E-state index in [1.54, 1.807) is 13.3 Å². The summed E-state index contributed by atoms with van der Waals surface area (Å²) in [6.45, 7) is 2.63. The summed E-state index contributed by atoms with van der Waals surface area (Å²) >= 11 is 0. The minimum absolute atomic E-state index is 0.0965. The summed E-state index contributed by atoms with van der Waals surface area (Å²) in [5.41, 5.74) is 2.66. The number of carbonyl (C=O) groups is 2. The minimum Gasteiger partial charge on any atom is -0.483 e. The molecule has 0 aliphatic carbocycles. The van der Waals surface area contributed by atoms with Crippen molar-refractivity contribution < 1.29 is 19.4 Å². The van der Waals surface area contributed by atoms with Gasteiger partial charge in [-0.05, 0) is 12.5 Å². The van der Waals surface area contributed by atoms with E-state index in [0.717, 1.165) is 22.6 Å². The average molecular weight is 385 g/mol. The largest absolute Gasteiger partial charge is 0.483 e. The molecule has 3 N–H and O–H groups in total. The fourth-order valence-corrected chi connectivity index (χ4v) is 2.69. The first-order valence-corrected chi connectivity index (χ1v) is 8.57. The number of imidazole rings is 1. The number of ether oxygens (including phenoxy) is 1. The van der Waals surface area contributed by atoms with Crippen molar-refractivity contribution in [2.45, 2.75) is 26.5 Å². The van der Waals surface area contributed by atoms with E-state index in [0.29, 0.717) is 25.4 Å². The Labute approximate surface area is 162 Å². The van der Waals surface area contributed by atoms with Gasteiger partial charge in [0, 0.05) is 38.0 Å². The molecule has 9 nitrogen and oxygen atoms in total. The van der Waals surface area contributed by atoms with Crippen LogP contribution in [0.25, 0.3) is 11.1 Å². The zero-order chi connectivity index (χ0) is 20.4. The van der Waals surface area contributed by atoms with Crippen LogP contribution in [0.3, 0.4) is 0 Å². The second-order valence-electron chi connectivity index (χ2n) is 5.80. The van der Waals surface area contributed by atoms with E-state index in [9.17, 15) is 4.79 Å². The van der Waals surface area contributed by atoms with E-state index in [1.807, 2.05) is 48.0 Å². The van der Waals surface area contributed by atoms with Gasteiger partial charge in [-0.1, -0.05) is 30.3 Å². The van der Waals surface area contributed by atoms with E-state index in [2.05, 4.69) is 20.5 Å². The summed E-state index contributed by atoms with van der Waals surface area (Å²) in [5.74, 6) is 1.31. The Morgan fingerprint density at radius 1 is 1.36 bits per heavy atom. The molecule has 28 heavy (non-hydrogen) atoms. The molecule has 0 aliphatic heterocycles. The zero-order valence-electron chi connectivity index (χ0n) is 15.8. The third-order valence-electron chi connectivity index (χ3n) is 3.95. The Bertz CT molecular complexity index is 889. The topological polar surface area (TPSA) is 122 Å². The van der Waals surface area contributed by atoms with Gasteiger partial charge < -0.3 is 19.7 Å². The number of amides is 1. The summed E-state index contributed by atoms with van der Waals surface area (Å²) in [6.07, 6.45) is 3.94. The number of hydrogen-bond donors (Lipinski definition) is 3. The first-order chi connectivity index (χ1) is 13.6. The highest BCUT2D eigenvalue weighted by molar-refractivity contribution is 5.94. The summed E-state index contributed by atoms with van der Waals surface area (Å²) < 4.78 is 7.17. The number of anilines is 1. The number of aromatic nitrogens is 4. The maximum atomic E-state index is 12.3. The predicted molar refractivity (Wildman–Crippen MR) is 104 cm³/mol. The van der Waals surface area contributed by atoms with Crippen molar-refractivity contribution >= 4 is 18.2 Å². The molecule has 9 heteroatoms. The molecular formula is C19H23N5O4. The lowest BCUT2D eigenvalue weighted by Crippen LogP contribution is -2.15. The number of hydrogen-bond acceptors (Lipinski definition) is 5. The number of carboxylic acid groups (broad SMARTS) is 1. The molecule has 0 atom stereocenters. The van der Waals surface area contributed by atoms with Crippen molar-refractivity contribution in [2.24, 2.45) is 0 Å². The van der Waals surface area contributed by atoms with Crippen LogP contribution < -0.4 is 5.32 Å². The molecule has 0 saturated heterocycles. The van der Waals surface area contributed by atoms with Gasteiger partial charge in [-0.15, -0.1) is 0 Å². The quantitative estimate of drug-likeness (QED) is 0.537. The molecular weight excluding hydrogens is 362 g/mol. The average Bonchev–Trinajstić information content (AvgIpc) is 3.28. The van der Waals surface area contributed by atoms with Crippen LogP contribution >= 0.6 is 0 Å². The van der Waals surface area contributed by atoms with Gasteiger partial charge in [0.15, 0.2) is 5.82 Å². The highest BCUT2D eigenvalue weighted by Gasteiger charge is 2.17. The third kappa shape index (κ3) is 5.52. The third-order valence-corrected chi connectivity index (χ3v) is 3.95. The van der Waals surface area contributed by atoms with Crippen LogP contribution in [0.5, 0.6) is 0 Å². The molecule has 0 aliphatic rings. The molecule has 0 fully saturated rings. The number of H-pyrrole nitrogens is 1. The van der Waals surface area contributed by atoms with Crippen LogP contribution in [0.2, 0.25) is 0 Å². The van der Waals surface area contributed by atoms with Crippen LogP contribution in [0.15, 0.2) is 42.7 Å². The monoisotopic (exact) mass is 385 g/mol. The van der Waals surface area contributed by atoms with Crippen LogP contribution in [0.4, 0.5) is 5.82 Å². The number of carbonyl (C=O) groups excluding carboxylic acids is 1. The Hall–Kier alpha value is -3.46. The summed E-state index contributed by atoms with van der Waals surface area (Å²) in [5, 5.41) is 17.0. The number of benzene rings is 1. The minimum atomic E-state index is -0.250. The molecule has 3 aromatic rings. The number of aromatic amines is 1. The number of rotatable bonds is 7. The van der Waals surface area contributed by atoms with Gasteiger partial charge in [0.2, 0.25) is 5.91 Å².